The summed E-state index contributed by atoms with van der Waals surface area (Å²) in [5.41, 5.74) is 0.677. The Morgan fingerprint density at radius 1 is 1.36 bits per heavy atom. The van der Waals surface area contributed by atoms with Gasteiger partial charge in [0.05, 0.1) is 10.4 Å². The number of hydrogen-bond acceptors (Lipinski definition) is 3. The van der Waals surface area contributed by atoms with Crippen LogP contribution < -0.4 is 0 Å². The van der Waals surface area contributed by atoms with Gasteiger partial charge in [-0.3, -0.25) is 15.1 Å². The van der Waals surface area contributed by atoms with E-state index >= 15 is 0 Å². The van der Waals surface area contributed by atoms with Crippen LogP contribution in [0.25, 0.3) is 10.9 Å². The van der Waals surface area contributed by atoms with Crippen LogP contribution in [-0.2, 0) is 0 Å². The van der Waals surface area contributed by atoms with Gasteiger partial charge < -0.3 is 0 Å². The third-order valence-electron chi connectivity index (χ3n) is 1.88. The summed E-state index contributed by atoms with van der Waals surface area (Å²) in [4.78, 5) is 14.1. The quantitative estimate of drug-likeness (QED) is 0.579. The van der Waals surface area contributed by atoms with E-state index in [-0.39, 0.29) is 5.69 Å². The van der Waals surface area contributed by atoms with E-state index in [2.05, 4.69) is 20.9 Å². The van der Waals surface area contributed by atoms with Crippen LogP contribution in [0.2, 0.25) is 0 Å². The van der Waals surface area contributed by atoms with Crippen molar-refractivity contribution in [2.75, 3.05) is 0 Å². The van der Waals surface area contributed by atoms with Crippen LogP contribution in [-0.4, -0.2) is 9.91 Å². The normalized spacial score (nSPS) is 10.4. The Hall–Kier alpha value is -1.49. The molecule has 14 heavy (non-hydrogen) atoms. The number of pyridine rings is 1. The zero-order chi connectivity index (χ0) is 10.1. The molecular formula is C9H5BrN2O2. The maximum absolute atomic E-state index is 10.5. The van der Waals surface area contributed by atoms with Gasteiger partial charge in [0, 0.05) is 28.2 Å². The SMILES string of the molecule is O=[N+]([O-])c1ccc2c(Br)ccnc2c1. The van der Waals surface area contributed by atoms with E-state index in [4.69, 9.17) is 0 Å². The lowest BCUT2D eigenvalue weighted by Crippen LogP contribution is -1.88. The van der Waals surface area contributed by atoms with Crippen LogP contribution in [0.5, 0.6) is 0 Å². The first-order valence-electron chi connectivity index (χ1n) is 3.87. The van der Waals surface area contributed by atoms with Crippen LogP contribution in [0.1, 0.15) is 0 Å². The van der Waals surface area contributed by atoms with Gasteiger partial charge in [-0.2, -0.15) is 0 Å². The first kappa shape index (κ1) is 9.08. The van der Waals surface area contributed by atoms with Crippen LogP contribution in [0, 0.1) is 10.1 Å². The lowest BCUT2D eigenvalue weighted by molar-refractivity contribution is -0.384. The van der Waals surface area contributed by atoms with E-state index in [0.717, 1.165) is 9.86 Å². The van der Waals surface area contributed by atoms with Gasteiger partial charge in [-0.25, -0.2) is 0 Å². The van der Waals surface area contributed by atoms with E-state index in [0.29, 0.717) is 5.52 Å². The lowest BCUT2D eigenvalue weighted by Gasteiger charge is -1.98. The van der Waals surface area contributed by atoms with Gasteiger partial charge in [-0.15, -0.1) is 0 Å². The number of fused-ring (bicyclic) bond motifs is 1. The monoisotopic (exact) mass is 252 g/mol. The summed E-state index contributed by atoms with van der Waals surface area (Å²) in [5.74, 6) is 0. The molecule has 1 aromatic heterocycles. The van der Waals surface area contributed by atoms with E-state index in [1.807, 2.05) is 0 Å². The smallest absolute Gasteiger partial charge is 0.258 e. The Bertz CT molecular complexity index is 513. The second kappa shape index (κ2) is 3.34. The number of nitrogens with zero attached hydrogens (tertiary/aromatic N) is 2. The van der Waals surface area contributed by atoms with Crippen LogP contribution in [0.3, 0.4) is 0 Å². The zero-order valence-electron chi connectivity index (χ0n) is 6.98. The number of hydrogen-bond donors (Lipinski definition) is 0. The molecule has 0 aliphatic rings. The van der Waals surface area contributed by atoms with Crippen molar-refractivity contribution in [1.29, 1.82) is 0 Å². The molecule has 0 saturated heterocycles. The molecule has 0 fully saturated rings. The molecule has 70 valence electrons. The van der Waals surface area contributed by atoms with Gasteiger partial charge in [0.2, 0.25) is 0 Å². The summed E-state index contributed by atoms with van der Waals surface area (Å²) < 4.78 is 0.886. The van der Waals surface area contributed by atoms with E-state index < -0.39 is 4.92 Å². The van der Waals surface area contributed by atoms with Crippen molar-refractivity contribution in [1.82, 2.24) is 4.98 Å². The summed E-state index contributed by atoms with van der Waals surface area (Å²) in [7, 11) is 0. The molecule has 0 N–H and O–H groups in total. The number of nitro benzene ring substituents is 1. The second-order valence-corrected chi connectivity index (χ2v) is 3.61. The minimum absolute atomic E-state index is 0.0584. The molecule has 0 bridgehead atoms. The van der Waals surface area contributed by atoms with Crippen LogP contribution in [0.15, 0.2) is 34.9 Å². The third kappa shape index (κ3) is 1.46. The predicted octanol–water partition coefficient (Wildman–Crippen LogP) is 2.91. The van der Waals surface area contributed by atoms with Crippen molar-refractivity contribution in [3.63, 3.8) is 0 Å². The standard InChI is InChI=1S/C9H5BrN2O2/c10-8-3-4-11-9-5-6(12(13)14)1-2-7(8)9/h1-5H. The topological polar surface area (TPSA) is 56.0 Å². The Morgan fingerprint density at radius 3 is 2.86 bits per heavy atom. The maximum Gasteiger partial charge on any atom is 0.271 e. The van der Waals surface area contributed by atoms with Gasteiger partial charge in [-0.05, 0) is 12.1 Å². The van der Waals surface area contributed by atoms with Crippen molar-refractivity contribution < 1.29 is 4.92 Å². The maximum atomic E-state index is 10.5. The van der Waals surface area contributed by atoms with Gasteiger partial charge in [0.15, 0.2) is 0 Å². The summed E-state index contributed by atoms with van der Waals surface area (Å²) in [6.45, 7) is 0. The molecule has 0 saturated carbocycles. The van der Waals surface area contributed by atoms with Crippen molar-refractivity contribution in [3.05, 3.63) is 45.0 Å². The second-order valence-electron chi connectivity index (χ2n) is 2.75. The highest BCUT2D eigenvalue weighted by atomic mass is 79.9. The zero-order valence-corrected chi connectivity index (χ0v) is 8.56. The highest BCUT2D eigenvalue weighted by molar-refractivity contribution is 9.10. The molecule has 0 amide bonds. The van der Waals surface area contributed by atoms with Crippen molar-refractivity contribution >= 4 is 32.5 Å². The molecule has 0 radical (unpaired) electrons. The number of benzene rings is 1. The summed E-state index contributed by atoms with van der Waals surface area (Å²) in [6, 6.07) is 6.41. The fourth-order valence-corrected chi connectivity index (χ4v) is 1.67. The van der Waals surface area contributed by atoms with Crippen LogP contribution in [0.4, 0.5) is 5.69 Å². The third-order valence-corrected chi connectivity index (χ3v) is 2.58. The van der Waals surface area contributed by atoms with Gasteiger partial charge in [0.1, 0.15) is 0 Å². The average molecular weight is 253 g/mol. The molecule has 0 aliphatic heterocycles. The molecule has 2 aromatic rings. The van der Waals surface area contributed by atoms with E-state index in [9.17, 15) is 10.1 Å². The largest absolute Gasteiger partial charge is 0.271 e. The molecule has 4 nitrogen and oxygen atoms in total. The first-order valence-corrected chi connectivity index (χ1v) is 4.66. The Kier molecular flexibility index (Phi) is 2.17. The Balaban J connectivity index is 2.73. The van der Waals surface area contributed by atoms with Gasteiger partial charge in [-0.1, -0.05) is 15.9 Å². The molecule has 0 aliphatic carbocycles. The summed E-state index contributed by atoms with van der Waals surface area (Å²) in [6.07, 6.45) is 1.61. The molecule has 0 unspecified atom stereocenters. The van der Waals surface area contributed by atoms with E-state index in [1.165, 1.54) is 12.1 Å². The summed E-state index contributed by atoms with van der Waals surface area (Å²) >= 11 is 3.35. The number of non-ortho nitro benzene ring substituents is 1. The average Bonchev–Trinajstić information content (AvgIpc) is 2.17. The molecular weight excluding hydrogens is 248 g/mol. The minimum atomic E-state index is -0.429. The molecule has 0 atom stereocenters. The fraction of sp³-hybridized carbons (Fsp3) is 0. The number of aromatic nitrogens is 1. The minimum Gasteiger partial charge on any atom is -0.258 e. The molecule has 5 heteroatoms. The predicted molar refractivity (Wildman–Crippen MR) is 56.1 cm³/mol. The summed E-state index contributed by atoms with van der Waals surface area (Å²) in [5, 5.41) is 11.4. The number of nitro groups is 1. The molecule has 1 heterocycles. The van der Waals surface area contributed by atoms with Crippen molar-refractivity contribution in [2.45, 2.75) is 0 Å². The van der Waals surface area contributed by atoms with E-state index in [1.54, 1.807) is 18.3 Å². The van der Waals surface area contributed by atoms with Gasteiger partial charge >= 0.3 is 0 Å². The highest BCUT2D eigenvalue weighted by Crippen LogP contribution is 2.25. The van der Waals surface area contributed by atoms with Crippen molar-refractivity contribution in [2.24, 2.45) is 0 Å². The fourth-order valence-electron chi connectivity index (χ4n) is 1.22. The van der Waals surface area contributed by atoms with Crippen LogP contribution >= 0.6 is 15.9 Å². The Labute approximate surface area is 87.9 Å². The highest BCUT2D eigenvalue weighted by Gasteiger charge is 2.07. The molecule has 2 rings (SSSR count). The Morgan fingerprint density at radius 2 is 2.14 bits per heavy atom. The lowest BCUT2D eigenvalue weighted by atomic mass is 10.2. The number of rotatable bonds is 1. The number of halogens is 1. The molecule has 1 aromatic carbocycles. The van der Waals surface area contributed by atoms with Crippen molar-refractivity contribution in [3.8, 4) is 0 Å². The van der Waals surface area contributed by atoms with Gasteiger partial charge in [0.25, 0.3) is 5.69 Å². The first-order chi connectivity index (χ1) is 6.68. The molecule has 0 spiro atoms.